The SMILES string of the molecule is S=[SH](=S)S(=S)(=S)S(=S)(=S)S(=S)(=S)S(=S)(=S)S(=S)(=S)S(=S)(=S)I. The van der Waals surface area contributed by atoms with Crippen LogP contribution in [0.4, 0.5) is 0 Å². The second-order valence-corrected chi connectivity index (χ2v) is 78.6. The quantitative estimate of drug-likeness (QED) is 0.173. The Labute approximate surface area is 208 Å². The van der Waals surface area contributed by atoms with E-state index in [0.29, 0.717) is 0 Å². The fourth-order valence-electron chi connectivity index (χ4n) is 0.484. The third-order valence-electron chi connectivity index (χ3n) is 1.43. The van der Waals surface area contributed by atoms with E-state index in [1.54, 1.807) is 0 Å². The van der Waals surface area contributed by atoms with Gasteiger partial charge in [0.2, 0.25) is 0 Å². The standard InChI is InChI=1S/HIS21/c1-17(4,5)19(8,9)21(12,13)22(14,15)20(10,11)18(6,7)16(2)3/h16H. The lowest BCUT2D eigenvalue weighted by atomic mass is 29.8. The molecule has 0 nitrogen and oxygen atoms in total. The molecule has 0 saturated heterocycles. The molecule has 0 aromatic heterocycles. The zero-order valence-electron chi connectivity index (χ0n) is 8.99. The second-order valence-electron chi connectivity index (χ2n) is 2.68. The van der Waals surface area contributed by atoms with Crippen molar-refractivity contribution in [3.63, 3.8) is 0 Å². The van der Waals surface area contributed by atoms with Crippen molar-refractivity contribution in [3.8, 4) is 0 Å². The van der Waals surface area contributed by atoms with Gasteiger partial charge in [-0.3, -0.25) is 0 Å². The van der Waals surface area contributed by atoms with Crippen LogP contribution < -0.4 is 0 Å². The van der Waals surface area contributed by atoms with Gasteiger partial charge in [-0.05, 0) is 164 Å². The van der Waals surface area contributed by atoms with Gasteiger partial charge < -0.3 is 0 Å². The van der Waals surface area contributed by atoms with E-state index in [-0.39, 0.29) is 0 Å². The average Bonchev–Trinajstić information content (AvgIpc) is 2.25. The highest BCUT2D eigenvalue weighted by Gasteiger charge is 2.35. The minimum atomic E-state index is -2.87. The Bertz CT molecular complexity index is 1160. The van der Waals surface area contributed by atoms with Crippen LogP contribution in [0.1, 0.15) is 0 Å². The molecule has 134 valence electrons. The molecule has 0 aliphatic heterocycles. The van der Waals surface area contributed by atoms with Gasteiger partial charge in [0.25, 0.3) is 0 Å². The first-order chi connectivity index (χ1) is 9.19. The predicted octanol–water partition coefficient (Wildman–Crippen LogP) is 0.568. The Balaban J connectivity index is 7.27. The monoisotopic (exact) mass is 799 g/mol. The molecule has 0 radical (unpaired) electrons. The molecule has 0 aliphatic rings. The predicted molar refractivity (Wildman–Crippen MR) is 170 cm³/mol. The van der Waals surface area contributed by atoms with E-state index >= 15 is 0 Å². The van der Waals surface area contributed by atoms with Crippen molar-refractivity contribution in [1.82, 2.24) is 0 Å². The Morgan fingerprint density at radius 2 is 0.773 bits per heavy atom. The average molecular weight is 801 g/mol. The maximum atomic E-state index is 5.57. The third-order valence-corrected chi connectivity index (χ3v) is 124. The minimum absolute atomic E-state index is 1.60. The topological polar surface area (TPSA) is 0 Å². The summed E-state index contributed by atoms with van der Waals surface area (Å²) >= 11 is 77.6. The van der Waals surface area contributed by atoms with E-state index in [2.05, 4.69) is 0 Å². The minimum Gasteiger partial charge on any atom is -0.0381 e. The summed E-state index contributed by atoms with van der Waals surface area (Å²) in [6.07, 6.45) is 0. The molecule has 0 fully saturated rings. The van der Waals surface area contributed by atoms with Crippen LogP contribution >= 0.6 is 21.2 Å². The molecular formula is HIS21. The number of hydrogen-bond acceptors (Lipinski definition) is 14. The molecule has 0 aromatic rings. The molecule has 0 atom stereocenters. The van der Waals surface area contributed by atoms with Gasteiger partial charge in [-0.25, -0.2) is 0 Å². The number of rotatable bonds is 6. The molecule has 0 rings (SSSR count). The Morgan fingerprint density at radius 1 is 0.500 bits per heavy atom. The maximum absolute atomic E-state index is 5.57. The zero-order valence-corrected chi connectivity index (χ0v) is 28.4. The first-order valence-corrected chi connectivity index (χ1v) is 33.5. The van der Waals surface area contributed by atoms with Crippen molar-refractivity contribution in [3.05, 3.63) is 0 Å². The second kappa shape index (κ2) is 9.18. The normalized spacial score (nSPS) is 15.7. The zero-order chi connectivity index (χ0) is 18.6. The van der Waals surface area contributed by atoms with Crippen LogP contribution in [-0.2, 0) is 193 Å². The van der Waals surface area contributed by atoms with Gasteiger partial charge in [0.05, 0.1) is 0 Å². The molecule has 0 aliphatic carbocycles. The smallest absolute Gasteiger partial charge is 0.0381 e. The Hall–Kier alpha value is 6.26. The van der Waals surface area contributed by atoms with Crippen molar-refractivity contribution < 1.29 is 0 Å². The molecular weight excluding hydrogens is 800 g/mol. The summed E-state index contributed by atoms with van der Waals surface area (Å²) in [6, 6.07) is 0. The summed E-state index contributed by atoms with van der Waals surface area (Å²) in [5.41, 5.74) is 0. The van der Waals surface area contributed by atoms with E-state index in [4.69, 9.17) is 157 Å². The van der Waals surface area contributed by atoms with Crippen molar-refractivity contribution >= 4 is 214 Å². The van der Waals surface area contributed by atoms with Crippen LogP contribution in [0.5, 0.6) is 0 Å². The first-order valence-electron chi connectivity index (χ1n) is 3.54. The molecule has 0 amide bonds. The third kappa shape index (κ3) is 5.11. The van der Waals surface area contributed by atoms with E-state index in [0.717, 1.165) is 0 Å². The fourth-order valence-corrected chi connectivity index (χ4v) is 127. The van der Waals surface area contributed by atoms with Gasteiger partial charge in [0.1, 0.15) is 0 Å². The van der Waals surface area contributed by atoms with Crippen LogP contribution in [-0.4, -0.2) is 0 Å². The molecule has 0 bridgehead atoms. The van der Waals surface area contributed by atoms with Crippen LogP contribution in [0.25, 0.3) is 0 Å². The van der Waals surface area contributed by atoms with E-state index in [9.17, 15) is 0 Å². The van der Waals surface area contributed by atoms with Gasteiger partial charge in [0.15, 0.2) is 0 Å². The van der Waals surface area contributed by atoms with Crippen molar-refractivity contribution in [2.24, 2.45) is 0 Å². The lowest BCUT2D eigenvalue weighted by molar-refractivity contribution is 5.08. The summed E-state index contributed by atoms with van der Waals surface area (Å²) in [4.78, 5) is 0. The van der Waals surface area contributed by atoms with Crippen molar-refractivity contribution in [2.75, 3.05) is 0 Å². The van der Waals surface area contributed by atoms with Crippen LogP contribution in [0.3, 0.4) is 0 Å². The number of thiol groups is 1. The number of hydrogen-bond donors (Lipinski definition) is 1. The summed E-state index contributed by atoms with van der Waals surface area (Å²) in [6.45, 7) is 0. The maximum Gasteiger partial charge on any atom is 0.0451 e. The molecule has 0 aromatic carbocycles. The molecule has 22 heavy (non-hydrogen) atoms. The molecule has 22 heteroatoms. The molecule has 0 saturated carbocycles. The Kier molecular flexibility index (Phi) is 11.8. The summed E-state index contributed by atoms with van der Waals surface area (Å²) in [5.74, 6) is 0. The van der Waals surface area contributed by atoms with Crippen LogP contribution in [0.2, 0.25) is 0 Å². The summed E-state index contributed by atoms with van der Waals surface area (Å²) < 4.78 is -2.29. The lowest BCUT2D eigenvalue weighted by Crippen LogP contribution is -2.30. The highest BCUT2D eigenvalue weighted by molar-refractivity contribution is 14.2. The van der Waals surface area contributed by atoms with E-state index < -0.39 is 36.4 Å². The van der Waals surface area contributed by atoms with E-state index in [1.807, 2.05) is 21.2 Å². The lowest BCUT2D eigenvalue weighted by Gasteiger charge is -2.27. The van der Waals surface area contributed by atoms with Gasteiger partial charge in [-0.15, -0.1) is 0 Å². The van der Waals surface area contributed by atoms with Gasteiger partial charge in [-0.2, -0.15) is 0 Å². The van der Waals surface area contributed by atoms with Gasteiger partial charge in [0, 0.05) is 50.6 Å². The van der Waals surface area contributed by atoms with Crippen LogP contribution in [0, 0.1) is 0 Å². The van der Waals surface area contributed by atoms with E-state index in [1.165, 1.54) is 0 Å². The van der Waals surface area contributed by atoms with Gasteiger partial charge in [-0.1, -0.05) is 0 Å². The highest BCUT2D eigenvalue weighted by atomic mass is 127. The molecule has 0 spiro atoms. The molecule has 0 N–H and O–H groups in total. The van der Waals surface area contributed by atoms with Crippen molar-refractivity contribution in [2.45, 2.75) is 0 Å². The largest absolute Gasteiger partial charge is 0.0451 e. The highest BCUT2D eigenvalue weighted by Crippen LogP contribution is 2.34. The van der Waals surface area contributed by atoms with Gasteiger partial charge >= 0.3 is 0 Å². The first kappa shape index (κ1) is 28.3. The Morgan fingerprint density at radius 3 is 1.00 bits per heavy atom. The summed E-state index contributed by atoms with van der Waals surface area (Å²) in [5, 5.41) is -13.7. The van der Waals surface area contributed by atoms with Crippen LogP contribution in [0.15, 0.2) is 0 Å². The molecule has 0 unspecified atom stereocenters. The molecule has 0 heterocycles. The fraction of sp³-hybridized carbons (Fsp3) is 0. The van der Waals surface area contributed by atoms with Crippen molar-refractivity contribution in [1.29, 1.82) is 0 Å². The summed E-state index contributed by atoms with van der Waals surface area (Å²) in [7, 11) is -1.60. The number of halogens is 1.